The highest BCUT2D eigenvalue weighted by atomic mass is 16.3. The van der Waals surface area contributed by atoms with Crippen LogP contribution in [0.5, 0.6) is 0 Å². The Morgan fingerprint density at radius 3 is 1.19 bits per heavy atom. The lowest BCUT2D eigenvalue weighted by atomic mass is 9.90. The summed E-state index contributed by atoms with van der Waals surface area (Å²) in [7, 11) is 3.24. The molecule has 2 aromatic heterocycles. The standard InChI is InChI=1S/C44H58N8O6/c1-29(2)37(49-43(57)51(5)27-33-19-13-21-45-25-33)41(55)47-35(23-31-15-9-7-10-16-31)39(53)40(54)36(24-32-17-11-8-12-18-32)48-42(56)38(30(3)4)50-44(58)52(6)28-34-20-14-22-46-26-34/h7-22,25-26,29-30,35-40,53-54H,23-24,27-28H2,1-6H3,(H,47,55)(H,48,56)(H,49,57)(H,50,58)/t35-,36-,37?,38?,39-,40+/m0/s1. The number of aliphatic hydroxyl groups is 2. The summed E-state index contributed by atoms with van der Waals surface area (Å²) in [5, 5.41) is 35.5. The number of carbonyl (C=O) groups is 4. The van der Waals surface area contributed by atoms with E-state index in [0.29, 0.717) is 0 Å². The number of hydrogen-bond acceptors (Lipinski definition) is 8. The van der Waals surface area contributed by atoms with Crippen molar-refractivity contribution in [2.24, 2.45) is 11.8 Å². The quantitative estimate of drug-likeness (QED) is 0.0829. The fourth-order valence-corrected chi connectivity index (χ4v) is 6.50. The molecule has 0 aliphatic carbocycles. The lowest BCUT2D eigenvalue weighted by Crippen LogP contribution is -2.62. The topological polar surface area (TPSA) is 189 Å². The SMILES string of the molecule is CC(C)C(NC(=O)N(C)Cc1cccnc1)C(=O)N[C@@H](Cc1ccccc1)[C@H](O)[C@H](O)[C@H](Cc1ccccc1)NC(=O)C(NC(=O)N(C)Cc1cccnc1)C(C)C. The fourth-order valence-electron chi connectivity index (χ4n) is 6.50. The van der Waals surface area contributed by atoms with E-state index in [1.165, 1.54) is 9.80 Å². The van der Waals surface area contributed by atoms with Crippen molar-refractivity contribution in [1.82, 2.24) is 41.0 Å². The Morgan fingerprint density at radius 1 is 0.534 bits per heavy atom. The van der Waals surface area contributed by atoms with Crippen molar-refractivity contribution in [3.8, 4) is 0 Å². The molecule has 6 N–H and O–H groups in total. The number of benzene rings is 2. The first-order chi connectivity index (χ1) is 27.7. The third-order valence-corrected chi connectivity index (χ3v) is 9.86. The van der Waals surface area contributed by atoms with E-state index in [1.807, 2.05) is 72.8 Å². The third-order valence-electron chi connectivity index (χ3n) is 9.86. The van der Waals surface area contributed by atoms with Crippen LogP contribution in [0, 0.1) is 11.8 Å². The minimum Gasteiger partial charge on any atom is -0.388 e. The average molecular weight is 795 g/mol. The van der Waals surface area contributed by atoms with Gasteiger partial charge in [-0.25, -0.2) is 9.59 Å². The summed E-state index contributed by atoms with van der Waals surface area (Å²) in [4.78, 5) is 65.8. The summed E-state index contributed by atoms with van der Waals surface area (Å²) < 4.78 is 0. The van der Waals surface area contributed by atoms with Crippen LogP contribution in [0.1, 0.15) is 49.9 Å². The van der Waals surface area contributed by atoms with Gasteiger partial charge in [0.15, 0.2) is 0 Å². The van der Waals surface area contributed by atoms with Gasteiger partial charge in [0.1, 0.15) is 24.3 Å². The molecule has 6 atom stereocenters. The van der Waals surface area contributed by atoms with E-state index in [9.17, 15) is 29.4 Å². The summed E-state index contributed by atoms with van der Waals surface area (Å²) in [5.74, 6) is -1.78. The van der Waals surface area contributed by atoms with E-state index in [0.717, 1.165) is 22.3 Å². The van der Waals surface area contributed by atoms with Gasteiger partial charge < -0.3 is 41.3 Å². The minimum absolute atomic E-state index is 0.129. The lowest BCUT2D eigenvalue weighted by Gasteiger charge is -2.35. The van der Waals surface area contributed by atoms with Gasteiger partial charge in [-0.05, 0) is 59.1 Å². The van der Waals surface area contributed by atoms with Crippen LogP contribution in [0.15, 0.2) is 110 Å². The molecule has 0 saturated heterocycles. The van der Waals surface area contributed by atoms with Gasteiger partial charge >= 0.3 is 12.1 Å². The number of pyridine rings is 2. The highest BCUT2D eigenvalue weighted by Crippen LogP contribution is 2.17. The second-order valence-corrected chi connectivity index (χ2v) is 15.4. The number of urea groups is 2. The van der Waals surface area contributed by atoms with Crippen LogP contribution < -0.4 is 21.3 Å². The highest BCUT2D eigenvalue weighted by Gasteiger charge is 2.38. The maximum absolute atomic E-state index is 14.0. The highest BCUT2D eigenvalue weighted by molar-refractivity contribution is 5.88. The van der Waals surface area contributed by atoms with Crippen LogP contribution in [0.3, 0.4) is 0 Å². The fraction of sp³-hybridized carbons (Fsp3) is 0.409. The molecule has 0 fully saturated rings. The summed E-state index contributed by atoms with van der Waals surface area (Å²) in [6.07, 6.45) is 3.69. The molecule has 0 aliphatic rings. The maximum Gasteiger partial charge on any atom is 0.318 e. The number of hydrogen-bond donors (Lipinski definition) is 6. The van der Waals surface area contributed by atoms with Gasteiger partial charge in [0.05, 0.1) is 12.1 Å². The summed E-state index contributed by atoms with van der Waals surface area (Å²) in [6.45, 7) is 7.74. The molecule has 14 heteroatoms. The van der Waals surface area contributed by atoms with E-state index >= 15 is 0 Å². The van der Waals surface area contributed by atoms with Gasteiger partial charge in [0.2, 0.25) is 11.8 Å². The van der Waals surface area contributed by atoms with Gasteiger partial charge in [-0.2, -0.15) is 0 Å². The predicted molar refractivity (Wildman–Crippen MR) is 222 cm³/mol. The summed E-state index contributed by atoms with van der Waals surface area (Å²) >= 11 is 0. The second kappa shape index (κ2) is 22.2. The Hall–Kier alpha value is -5.86. The zero-order valence-corrected chi connectivity index (χ0v) is 34.2. The molecule has 310 valence electrons. The van der Waals surface area contributed by atoms with Crippen LogP contribution in [0.2, 0.25) is 0 Å². The van der Waals surface area contributed by atoms with E-state index < -0.39 is 60.3 Å². The van der Waals surface area contributed by atoms with Crippen molar-refractivity contribution in [3.05, 3.63) is 132 Å². The normalized spacial score (nSPS) is 14.3. The Bertz CT molecular complexity index is 1730. The van der Waals surface area contributed by atoms with Gasteiger partial charge in [0.25, 0.3) is 0 Å². The van der Waals surface area contributed by atoms with E-state index in [2.05, 4.69) is 31.2 Å². The van der Waals surface area contributed by atoms with E-state index in [-0.39, 0.29) is 37.8 Å². The van der Waals surface area contributed by atoms with Crippen molar-refractivity contribution in [1.29, 1.82) is 0 Å². The monoisotopic (exact) mass is 794 g/mol. The van der Waals surface area contributed by atoms with Crippen molar-refractivity contribution in [2.75, 3.05) is 14.1 Å². The number of nitrogens with one attached hydrogen (secondary N) is 4. The van der Waals surface area contributed by atoms with Gasteiger partial charge in [0, 0.05) is 52.0 Å². The number of amides is 6. The van der Waals surface area contributed by atoms with Gasteiger partial charge in [-0.3, -0.25) is 19.6 Å². The number of carbonyl (C=O) groups excluding carboxylic acids is 4. The van der Waals surface area contributed by atoms with Crippen LogP contribution in [-0.2, 0) is 35.5 Å². The molecule has 0 bridgehead atoms. The van der Waals surface area contributed by atoms with Crippen molar-refractivity contribution >= 4 is 23.9 Å². The molecule has 2 aromatic carbocycles. The summed E-state index contributed by atoms with van der Waals surface area (Å²) in [6, 6.07) is 20.6. The molecule has 0 saturated carbocycles. The molecule has 6 amide bonds. The van der Waals surface area contributed by atoms with Crippen molar-refractivity contribution in [2.45, 2.75) is 90.0 Å². The van der Waals surface area contributed by atoms with Crippen molar-refractivity contribution < 1.29 is 29.4 Å². The molecule has 4 rings (SSSR count). The first kappa shape index (κ1) is 44.8. The van der Waals surface area contributed by atoms with Crippen LogP contribution in [0.25, 0.3) is 0 Å². The molecular formula is C44H58N8O6. The van der Waals surface area contributed by atoms with Crippen LogP contribution >= 0.6 is 0 Å². The average Bonchev–Trinajstić information content (AvgIpc) is 3.21. The van der Waals surface area contributed by atoms with E-state index in [1.54, 1.807) is 78.7 Å². The molecule has 0 radical (unpaired) electrons. The molecule has 58 heavy (non-hydrogen) atoms. The number of nitrogens with zero attached hydrogens (tertiary/aromatic N) is 4. The summed E-state index contributed by atoms with van der Waals surface area (Å²) in [5.41, 5.74) is 3.19. The molecule has 0 spiro atoms. The molecule has 2 unspecified atom stereocenters. The minimum atomic E-state index is -1.59. The Balaban J connectivity index is 1.56. The number of aromatic nitrogens is 2. The van der Waals surface area contributed by atoms with Gasteiger partial charge in [-0.1, -0.05) is 100 Å². The molecular weight excluding hydrogens is 737 g/mol. The zero-order chi connectivity index (χ0) is 42.2. The zero-order valence-electron chi connectivity index (χ0n) is 34.2. The Labute approximate surface area is 341 Å². The third kappa shape index (κ3) is 13.7. The predicted octanol–water partition coefficient (Wildman–Crippen LogP) is 3.69. The Kier molecular flexibility index (Phi) is 17.1. The molecule has 14 nitrogen and oxygen atoms in total. The largest absolute Gasteiger partial charge is 0.388 e. The number of aliphatic hydroxyl groups excluding tert-OH is 2. The number of rotatable bonds is 19. The maximum atomic E-state index is 14.0. The van der Waals surface area contributed by atoms with Crippen LogP contribution in [-0.4, -0.2) is 104 Å². The first-order valence-corrected chi connectivity index (χ1v) is 19.6. The first-order valence-electron chi connectivity index (χ1n) is 19.6. The van der Waals surface area contributed by atoms with E-state index in [4.69, 9.17) is 0 Å². The lowest BCUT2D eigenvalue weighted by molar-refractivity contribution is -0.129. The molecule has 4 aromatic rings. The van der Waals surface area contributed by atoms with Crippen LogP contribution in [0.4, 0.5) is 9.59 Å². The van der Waals surface area contributed by atoms with Gasteiger partial charge in [-0.15, -0.1) is 0 Å². The smallest absolute Gasteiger partial charge is 0.318 e. The Morgan fingerprint density at radius 2 is 0.879 bits per heavy atom. The molecule has 0 aliphatic heterocycles. The van der Waals surface area contributed by atoms with Crippen molar-refractivity contribution in [3.63, 3.8) is 0 Å². The second-order valence-electron chi connectivity index (χ2n) is 15.4. The molecule has 2 heterocycles.